The molecule has 0 radical (unpaired) electrons. The lowest BCUT2D eigenvalue weighted by atomic mass is 10.3. The van der Waals surface area contributed by atoms with Gasteiger partial charge >= 0.3 is 6.18 Å². The third-order valence-electron chi connectivity index (χ3n) is 2.92. The second-order valence-corrected chi connectivity index (χ2v) is 5.89. The van der Waals surface area contributed by atoms with E-state index in [4.69, 9.17) is 11.6 Å². The summed E-state index contributed by atoms with van der Waals surface area (Å²) in [7, 11) is 1.13. The van der Waals surface area contributed by atoms with E-state index in [1.807, 2.05) is 0 Å². The SMILES string of the molecule is Cn1nc(C(=O)NCCCn2cc(Cl)cn2)c(Br)c1C(F)(F)F. The van der Waals surface area contributed by atoms with E-state index in [2.05, 4.69) is 31.4 Å². The van der Waals surface area contributed by atoms with E-state index in [-0.39, 0.29) is 16.7 Å². The maximum Gasteiger partial charge on any atom is 0.434 e. The number of nitrogens with one attached hydrogen (secondary N) is 1. The first kappa shape index (κ1) is 17.8. The molecule has 1 amide bonds. The summed E-state index contributed by atoms with van der Waals surface area (Å²) in [6.45, 7) is 0.783. The fraction of sp³-hybridized carbons (Fsp3) is 0.417. The minimum absolute atomic E-state index is 0.265. The molecule has 11 heteroatoms. The van der Waals surface area contributed by atoms with Crippen molar-refractivity contribution in [2.24, 2.45) is 7.05 Å². The van der Waals surface area contributed by atoms with Gasteiger partial charge < -0.3 is 5.32 Å². The van der Waals surface area contributed by atoms with Crippen LogP contribution in [0, 0.1) is 0 Å². The minimum atomic E-state index is -4.60. The van der Waals surface area contributed by atoms with E-state index < -0.39 is 17.8 Å². The molecule has 0 fully saturated rings. The normalized spacial score (nSPS) is 11.7. The fourth-order valence-corrected chi connectivity index (χ4v) is 2.84. The van der Waals surface area contributed by atoms with Gasteiger partial charge in [-0.1, -0.05) is 11.6 Å². The number of hydrogen-bond acceptors (Lipinski definition) is 3. The number of carbonyl (C=O) groups excluding carboxylic acids is 1. The van der Waals surface area contributed by atoms with E-state index in [0.29, 0.717) is 22.7 Å². The second-order valence-electron chi connectivity index (χ2n) is 4.66. The van der Waals surface area contributed by atoms with Crippen LogP contribution >= 0.6 is 27.5 Å². The van der Waals surface area contributed by atoms with Crippen LogP contribution in [0.25, 0.3) is 0 Å². The van der Waals surface area contributed by atoms with Crippen molar-refractivity contribution in [1.82, 2.24) is 24.9 Å². The van der Waals surface area contributed by atoms with Gasteiger partial charge in [-0.25, -0.2) is 0 Å². The largest absolute Gasteiger partial charge is 0.434 e. The molecule has 0 aromatic carbocycles. The lowest BCUT2D eigenvalue weighted by Crippen LogP contribution is -2.26. The first-order chi connectivity index (χ1) is 10.7. The lowest BCUT2D eigenvalue weighted by Gasteiger charge is -2.06. The van der Waals surface area contributed by atoms with Gasteiger partial charge in [0.05, 0.1) is 15.7 Å². The molecule has 0 saturated carbocycles. The molecule has 2 aromatic heterocycles. The molecule has 126 valence electrons. The fourth-order valence-electron chi connectivity index (χ4n) is 1.94. The Kier molecular flexibility index (Phi) is 5.35. The van der Waals surface area contributed by atoms with E-state index >= 15 is 0 Å². The van der Waals surface area contributed by atoms with Crippen molar-refractivity contribution < 1.29 is 18.0 Å². The third kappa shape index (κ3) is 4.25. The molecular formula is C12H12BrClF3N5O. The average molecular weight is 415 g/mol. The summed E-state index contributed by atoms with van der Waals surface area (Å²) in [5.41, 5.74) is -1.31. The van der Waals surface area contributed by atoms with Gasteiger partial charge in [-0.15, -0.1) is 0 Å². The van der Waals surface area contributed by atoms with Crippen LogP contribution < -0.4 is 5.32 Å². The Morgan fingerprint density at radius 1 is 1.48 bits per heavy atom. The van der Waals surface area contributed by atoms with Crippen molar-refractivity contribution in [3.8, 4) is 0 Å². The number of rotatable bonds is 5. The van der Waals surface area contributed by atoms with E-state index in [0.717, 1.165) is 7.05 Å². The summed E-state index contributed by atoms with van der Waals surface area (Å²) < 4.78 is 40.4. The van der Waals surface area contributed by atoms with Crippen LogP contribution in [-0.2, 0) is 19.8 Å². The molecule has 0 atom stereocenters. The third-order valence-corrected chi connectivity index (χ3v) is 3.87. The van der Waals surface area contributed by atoms with Crippen molar-refractivity contribution in [2.75, 3.05) is 6.54 Å². The van der Waals surface area contributed by atoms with E-state index in [1.54, 1.807) is 10.9 Å². The van der Waals surface area contributed by atoms with Crippen molar-refractivity contribution in [1.29, 1.82) is 0 Å². The van der Waals surface area contributed by atoms with Gasteiger partial charge in [-0.3, -0.25) is 14.2 Å². The molecule has 0 saturated heterocycles. The van der Waals surface area contributed by atoms with Crippen LogP contribution in [0.4, 0.5) is 13.2 Å². The average Bonchev–Trinajstić information content (AvgIpc) is 2.97. The Labute approximate surface area is 142 Å². The number of nitrogens with zero attached hydrogens (tertiary/aromatic N) is 4. The highest BCUT2D eigenvalue weighted by Crippen LogP contribution is 2.36. The summed E-state index contributed by atoms with van der Waals surface area (Å²) in [5.74, 6) is -0.679. The quantitative estimate of drug-likeness (QED) is 0.765. The number of aromatic nitrogens is 4. The molecule has 2 heterocycles. The Morgan fingerprint density at radius 2 is 2.17 bits per heavy atom. The zero-order valence-corrected chi connectivity index (χ0v) is 14.2. The highest BCUT2D eigenvalue weighted by atomic mass is 79.9. The predicted molar refractivity (Wildman–Crippen MR) is 80.1 cm³/mol. The van der Waals surface area contributed by atoms with Crippen LogP contribution in [0.2, 0.25) is 5.02 Å². The minimum Gasteiger partial charge on any atom is -0.351 e. The second kappa shape index (κ2) is 6.91. The van der Waals surface area contributed by atoms with Crippen LogP contribution in [0.15, 0.2) is 16.9 Å². The van der Waals surface area contributed by atoms with Crippen molar-refractivity contribution >= 4 is 33.4 Å². The monoisotopic (exact) mass is 413 g/mol. The van der Waals surface area contributed by atoms with Gasteiger partial charge in [0, 0.05) is 26.3 Å². The molecule has 6 nitrogen and oxygen atoms in total. The lowest BCUT2D eigenvalue weighted by molar-refractivity contribution is -0.144. The van der Waals surface area contributed by atoms with Gasteiger partial charge in [0.1, 0.15) is 0 Å². The van der Waals surface area contributed by atoms with Crippen LogP contribution in [0.1, 0.15) is 22.6 Å². The van der Waals surface area contributed by atoms with Crippen LogP contribution in [0.3, 0.4) is 0 Å². The molecular weight excluding hydrogens is 403 g/mol. The molecule has 0 unspecified atom stereocenters. The standard InChI is InChI=1S/C12H12BrClF3N5O/c1-21-10(12(15,16)17)8(13)9(20-21)11(23)18-3-2-4-22-6-7(14)5-19-22/h5-6H,2-4H2,1H3,(H,18,23). The number of alkyl halides is 3. The molecule has 1 N–H and O–H groups in total. The Bertz CT molecular complexity index is 712. The highest BCUT2D eigenvalue weighted by molar-refractivity contribution is 9.10. The van der Waals surface area contributed by atoms with E-state index in [1.165, 1.54) is 6.20 Å². The first-order valence-corrected chi connectivity index (χ1v) is 7.63. The molecule has 0 aliphatic heterocycles. The maximum atomic E-state index is 12.8. The van der Waals surface area contributed by atoms with Crippen molar-refractivity contribution in [2.45, 2.75) is 19.1 Å². The summed E-state index contributed by atoms with van der Waals surface area (Å²) in [6.07, 6.45) is -0.934. The zero-order chi connectivity index (χ0) is 17.2. The van der Waals surface area contributed by atoms with E-state index in [9.17, 15) is 18.0 Å². The number of aryl methyl sites for hydroxylation is 2. The molecule has 23 heavy (non-hydrogen) atoms. The number of amides is 1. The van der Waals surface area contributed by atoms with Gasteiger partial charge in [0.15, 0.2) is 11.4 Å². The van der Waals surface area contributed by atoms with Gasteiger partial charge in [-0.05, 0) is 22.4 Å². The van der Waals surface area contributed by atoms with Crippen molar-refractivity contribution in [3.63, 3.8) is 0 Å². The topological polar surface area (TPSA) is 64.7 Å². The number of hydrogen-bond donors (Lipinski definition) is 1. The molecule has 0 bridgehead atoms. The summed E-state index contributed by atoms with van der Waals surface area (Å²) in [5, 5.41) is 10.6. The van der Waals surface area contributed by atoms with Crippen molar-refractivity contribution in [3.05, 3.63) is 33.3 Å². The molecule has 0 spiro atoms. The number of carbonyl (C=O) groups is 1. The number of halogens is 5. The Hall–Kier alpha value is -1.55. The molecule has 2 rings (SSSR count). The Morgan fingerprint density at radius 3 is 2.70 bits per heavy atom. The highest BCUT2D eigenvalue weighted by Gasteiger charge is 2.39. The van der Waals surface area contributed by atoms with Gasteiger partial charge in [-0.2, -0.15) is 23.4 Å². The van der Waals surface area contributed by atoms with Crippen LogP contribution in [-0.4, -0.2) is 32.0 Å². The first-order valence-electron chi connectivity index (χ1n) is 6.46. The maximum absolute atomic E-state index is 12.8. The summed E-state index contributed by atoms with van der Waals surface area (Å²) >= 11 is 8.51. The zero-order valence-electron chi connectivity index (χ0n) is 11.9. The summed E-state index contributed by atoms with van der Waals surface area (Å²) in [6, 6.07) is 0. The molecule has 0 aliphatic carbocycles. The predicted octanol–water partition coefficient (Wildman–Crippen LogP) is 2.87. The van der Waals surface area contributed by atoms with Gasteiger partial charge in [0.25, 0.3) is 5.91 Å². The molecule has 0 aliphatic rings. The molecule has 2 aromatic rings. The van der Waals surface area contributed by atoms with Crippen LogP contribution in [0.5, 0.6) is 0 Å². The van der Waals surface area contributed by atoms with Gasteiger partial charge in [0.2, 0.25) is 0 Å². The smallest absolute Gasteiger partial charge is 0.351 e. The summed E-state index contributed by atoms with van der Waals surface area (Å²) in [4.78, 5) is 11.9. The Balaban J connectivity index is 1.93.